The lowest BCUT2D eigenvalue weighted by molar-refractivity contribution is -0.0778. The molecule has 6 aromatic carbocycles. The highest BCUT2D eigenvalue weighted by Gasteiger charge is 2.30. The zero-order chi connectivity index (χ0) is 32.2. The quantitative estimate of drug-likeness (QED) is 0.196. The van der Waals surface area contributed by atoms with Gasteiger partial charge in [-0.15, -0.1) is 0 Å². The van der Waals surface area contributed by atoms with E-state index in [0.717, 1.165) is 89.3 Å². The molecule has 0 unspecified atom stereocenters. The van der Waals surface area contributed by atoms with E-state index in [0.29, 0.717) is 0 Å². The summed E-state index contributed by atoms with van der Waals surface area (Å²) < 4.78 is 19.1. The molecule has 4 heteroatoms. The van der Waals surface area contributed by atoms with Gasteiger partial charge in [-0.1, -0.05) is 97.1 Å². The van der Waals surface area contributed by atoms with Crippen molar-refractivity contribution in [1.82, 2.24) is 4.98 Å². The number of pyridine rings is 1. The molecule has 0 amide bonds. The molecule has 0 fully saturated rings. The van der Waals surface area contributed by atoms with Gasteiger partial charge in [-0.3, -0.25) is 0 Å². The molecule has 2 aromatic heterocycles. The highest BCUT2D eigenvalue weighted by molar-refractivity contribution is 6.06. The van der Waals surface area contributed by atoms with Crippen LogP contribution in [0.2, 0.25) is 0 Å². The van der Waals surface area contributed by atoms with Crippen LogP contribution < -0.4 is 9.47 Å². The molecule has 0 atom stereocenters. The van der Waals surface area contributed by atoms with Crippen molar-refractivity contribution in [3.63, 3.8) is 0 Å². The van der Waals surface area contributed by atoms with Crippen LogP contribution in [-0.2, 0) is 0 Å². The van der Waals surface area contributed by atoms with Crippen LogP contribution in [0.1, 0.15) is 13.8 Å². The van der Waals surface area contributed by atoms with Crippen LogP contribution in [0.3, 0.4) is 0 Å². The number of fused-ring (bicyclic) bond motifs is 6. The molecule has 230 valence electrons. The number of hydrogen-bond donors (Lipinski definition) is 0. The molecule has 9 rings (SSSR count). The van der Waals surface area contributed by atoms with E-state index in [1.54, 1.807) is 0 Å². The Morgan fingerprint density at radius 1 is 0.417 bits per heavy atom. The number of rotatable bonds is 4. The fourth-order valence-electron chi connectivity index (χ4n) is 6.68. The minimum absolute atomic E-state index is 0.775. The molecule has 1 aliphatic rings. The van der Waals surface area contributed by atoms with Gasteiger partial charge in [0, 0.05) is 46.9 Å². The summed E-state index contributed by atoms with van der Waals surface area (Å²) in [7, 11) is 0. The molecule has 0 N–H and O–H groups in total. The number of benzene rings is 6. The Morgan fingerprint density at radius 2 is 0.917 bits per heavy atom. The molecule has 8 aromatic rings. The predicted molar refractivity (Wildman–Crippen MR) is 194 cm³/mol. The van der Waals surface area contributed by atoms with E-state index in [2.05, 4.69) is 121 Å². The number of ether oxygens (including phenoxy) is 2. The Kier molecular flexibility index (Phi) is 6.44. The Balaban J connectivity index is 1.21. The van der Waals surface area contributed by atoms with Crippen molar-refractivity contribution in [3.05, 3.63) is 152 Å². The van der Waals surface area contributed by atoms with E-state index in [-0.39, 0.29) is 0 Å². The number of hydrogen-bond acceptors (Lipinski definition) is 4. The standard InChI is InChI=1S/C44H31NO3/c1-44(2)47-42-21-18-31(30-17-20-41-35(23-30)34-15-9-10-16-40(34)46-41)24-36(42)37-25-32(19-22-43(37)48-44)33-26-38(28-11-5-3-6-12-28)45-39(27-33)29-13-7-4-8-14-29/h3-27H,1-2H3. The van der Waals surface area contributed by atoms with Crippen molar-refractivity contribution in [2.24, 2.45) is 0 Å². The molecule has 0 saturated heterocycles. The second-order valence-corrected chi connectivity index (χ2v) is 12.7. The monoisotopic (exact) mass is 621 g/mol. The average Bonchev–Trinajstić information content (AvgIpc) is 3.45. The molecule has 0 spiro atoms. The number of furan rings is 1. The van der Waals surface area contributed by atoms with Crippen LogP contribution in [-0.4, -0.2) is 10.8 Å². The number of aromatic nitrogens is 1. The van der Waals surface area contributed by atoms with Gasteiger partial charge >= 0.3 is 0 Å². The molecule has 0 radical (unpaired) electrons. The predicted octanol–water partition coefficient (Wildman–Crippen LogP) is 11.8. The van der Waals surface area contributed by atoms with E-state index in [9.17, 15) is 0 Å². The summed E-state index contributed by atoms with van der Waals surface area (Å²) in [5, 5.41) is 2.21. The third-order valence-electron chi connectivity index (χ3n) is 8.97. The first kappa shape index (κ1) is 28.1. The summed E-state index contributed by atoms with van der Waals surface area (Å²) in [5.74, 6) is 0.700. The normalized spacial score (nSPS) is 13.3. The maximum Gasteiger partial charge on any atom is 0.245 e. The van der Waals surface area contributed by atoms with Crippen molar-refractivity contribution in [2.45, 2.75) is 19.6 Å². The van der Waals surface area contributed by atoms with Crippen molar-refractivity contribution < 1.29 is 13.9 Å². The lowest BCUT2D eigenvalue weighted by Gasteiger charge is -2.25. The van der Waals surface area contributed by atoms with E-state index in [4.69, 9.17) is 18.9 Å². The fourth-order valence-corrected chi connectivity index (χ4v) is 6.68. The van der Waals surface area contributed by atoms with E-state index < -0.39 is 5.79 Å². The first-order valence-electron chi connectivity index (χ1n) is 16.2. The topological polar surface area (TPSA) is 44.5 Å². The molecule has 4 nitrogen and oxygen atoms in total. The Morgan fingerprint density at radius 3 is 1.54 bits per heavy atom. The minimum atomic E-state index is -0.852. The van der Waals surface area contributed by atoms with Gasteiger partial charge in [0.25, 0.3) is 0 Å². The summed E-state index contributed by atoms with van der Waals surface area (Å²) in [4.78, 5) is 5.09. The summed E-state index contributed by atoms with van der Waals surface area (Å²) in [5.41, 5.74) is 12.0. The SMILES string of the molecule is CC1(C)Oc2ccc(-c3cc(-c4ccccc4)nc(-c4ccccc4)c3)cc2-c2cc(-c3ccc4oc5ccccc5c4c3)ccc2O1. The molecule has 3 heterocycles. The maximum atomic E-state index is 6.50. The Hall–Kier alpha value is -6.13. The van der Waals surface area contributed by atoms with Crippen LogP contribution in [0.5, 0.6) is 11.5 Å². The van der Waals surface area contributed by atoms with E-state index >= 15 is 0 Å². The second kappa shape index (κ2) is 11.0. The number of nitrogens with zero attached hydrogens (tertiary/aromatic N) is 1. The third kappa shape index (κ3) is 4.99. The first-order chi connectivity index (χ1) is 23.5. The minimum Gasteiger partial charge on any atom is -0.456 e. The molecular weight excluding hydrogens is 590 g/mol. The lowest BCUT2D eigenvalue weighted by atomic mass is 9.93. The van der Waals surface area contributed by atoms with Crippen LogP contribution >= 0.6 is 0 Å². The zero-order valence-electron chi connectivity index (χ0n) is 26.6. The van der Waals surface area contributed by atoms with Gasteiger partial charge in [0.05, 0.1) is 11.4 Å². The van der Waals surface area contributed by atoms with Crippen molar-refractivity contribution >= 4 is 21.9 Å². The van der Waals surface area contributed by atoms with Crippen molar-refractivity contribution in [2.75, 3.05) is 0 Å². The molecule has 0 bridgehead atoms. The van der Waals surface area contributed by atoms with Gasteiger partial charge in [0.2, 0.25) is 5.79 Å². The number of para-hydroxylation sites is 1. The lowest BCUT2D eigenvalue weighted by Crippen LogP contribution is -2.34. The van der Waals surface area contributed by atoms with Crippen LogP contribution in [0.25, 0.3) is 77.8 Å². The van der Waals surface area contributed by atoms with Crippen LogP contribution in [0, 0.1) is 0 Å². The van der Waals surface area contributed by atoms with E-state index in [1.807, 2.05) is 44.2 Å². The summed E-state index contributed by atoms with van der Waals surface area (Å²) in [6.07, 6.45) is 0. The molecule has 0 aliphatic carbocycles. The van der Waals surface area contributed by atoms with Gasteiger partial charge in [-0.25, -0.2) is 4.98 Å². The largest absolute Gasteiger partial charge is 0.456 e. The first-order valence-corrected chi connectivity index (χ1v) is 16.2. The van der Waals surface area contributed by atoms with Gasteiger partial charge < -0.3 is 13.9 Å². The molecule has 48 heavy (non-hydrogen) atoms. The summed E-state index contributed by atoms with van der Waals surface area (Å²) in [6.45, 7) is 3.90. The van der Waals surface area contributed by atoms with Crippen molar-refractivity contribution in [1.29, 1.82) is 0 Å². The summed E-state index contributed by atoms with van der Waals surface area (Å²) >= 11 is 0. The molecular formula is C44H31NO3. The highest BCUT2D eigenvalue weighted by Crippen LogP contribution is 2.46. The van der Waals surface area contributed by atoms with Crippen LogP contribution in [0.15, 0.2) is 156 Å². The third-order valence-corrected chi connectivity index (χ3v) is 8.97. The fraction of sp³-hybridized carbons (Fsp3) is 0.0682. The van der Waals surface area contributed by atoms with Gasteiger partial charge in [0.15, 0.2) is 0 Å². The Labute approximate surface area is 278 Å². The van der Waals surface area contributed by atoms with Gasteiger partial charge in [-0.05, 0) is 76.9 Å². The van der Waals surface area contributed by atoms with Crippen molar-refractivity contribution in [3.8, 4) is 67.4 Å². The molecule has 1 aliphatic heterocycles. The van der Waals surface area contributed by atoms with Crippen LogP contribution in [0.4, 0.5) is 0 Å². The van der Waals surface area contributed by atoms with E-state index in [1.165, 1.54) is 0 Å². The maximum absolute atomic E-state index is 6.50. The van der Waals surface area contributed by atoms with Gasteiger partial charge in [0.1, 0.15) is 22.7 Å². The Bertz CT molecular complexity index is 2420. The molecule has 0 saturated carbocycles. The second-order valence-electron chi connectivity index (χ2n) is 12.7. The smallest absolute Gasteiger partial charge is 0.245 e. The highest BCUT2D eigenvalue weighted by atomic mass is 16.7. The average molecular weight is 622 g/mol. The zero-order valence-corrected chi connectivity index (χ0v) is 26.6. The summed E-state index contributed by atoms with van der Waals surface area (Å²) in [6, 6.07) is 52.4. The van der Waals surface area contributed by atoms with Gasteiger partial charge in [-0.2, -0.15) is 0 Å².